The van der Waals surface area contributed by atoms with Crippen LogP contribution in [0.5, 0.6) is 0 Å². The first-order valence-corrected chi connectivity index (χ1v) is 10.1. The van der Waals surface area contributed by atoms with E-state index in [4.69, 9.17) is 4.98 Å². The number of hydrogen-bond donors (Lipinski definition) is 2. The maximum atomic E-state index is 12.3. The van der Waals surface area contributed by atoms with Crippen molar-refractivity contribution in [3.8, 4) is 5.69 Å². The van der Waals surface area contributed by atoms with Gasteiger partial charge in [0.25, 0.3) is 5.91 Å². The van der Waals surface area contributed by atoms with E-state index < -0.39 is 0 Å². The molecule has 3 aromatic carbocycles. The summed E-state index contributed by atoms with van der Waals surface area (Å²) in [6.07, 6.45) is 0. The van der Waals surface area contributed by atoms with E-state index in [9.17, 15) is 4.79 Å². The van der Waals surface area contributed by atoms with Gasteiger partial charge in [-0.25, -0.2) is 4.98 Å². The summed E-state index contributed by atoms with van der Waals surface area (Å²) in [6.45, 7) is 6.53. The Morgan fingerprint density at radius 3 is 2.27 bits per heavy atom. The fourth-order valence-corrected chi connectivity index (χ4v) is 3.35. The summed E-state index contributed by atoms with van der Waals surface area (Å²) in [6, 6.07) is 26.0. The summed E-state index contributed by atoms with van der Waals surface area (Å²) in [5.74, 6) is 0.727. The Morgan fingerprint density at radius 1 is 0.900 bits per heavy atom. The van der Waals surface area contributed by atoms with E-state index in [2.05, 4.69) is 33.4 Å². The maximum Gasteiger partial charge on any atom is 0.251 e. The van der Waals surface area contributed by atoms with Crippen LogP contribution < -0.4 is 10.6 Å². The quantitative estimate of drug-likeness (QED) is 0.488. The molecule has 152 valence electrons. The molecule has 0 spiro atoms. The number of imidazole rings is 1. The normalized spacial score (nSPS) is 11.4. The first-order valence-electron chi connectivity index (χ1n) is 10.1. The SMILES string of the molecule is CC(C)(C)NC(=O)c1ccc(CNc2nc3ccccc3n2-c2ccccc2)cc1. The zero-order valence-corrected chi connectivity index (χ0v) is 17.5. The zero-order valence-electron chi connectivity index (χ0n) is 17.5. The summed E-state index contributed by atoms with van der Waals surface area (Å²) in [5, 5.41) is 6.44. The highest BCUT2D eigenvalue weighted by atomic mass is 16.1. The smallest absolute Gasteiger partial charge is 0.251 e. The van der Waals surface area contributed by atoms with Crippen LogP contribution >= 0.6 is 0 Å². The van der Waals surface area contributed by atoms with Crippen LogP contribution in [0.3, 0.4) is 0 Å². The Hall–Kier alpha value is -3.60. The lowest BCUT2D eigenvalue weighted by molar-refractivity contribution is 0.0919. The van der Waals surface area contributed by atoms with Crippen LogP contribution in [-0.4, -0.2) is 21.0 Å². The summed E-state index contributed by atoms with van der Waals surface area (Å²) in [7, 11) is 0. The molecular formula is C25H26N4O. The van der Waals surface area contributed by atoms with Gasteiger partial charge in [0.05, 0.1) is 11.0 Å². The molecule has 0 bridgehead atoms. The highest BCUT2D eigenvalue weighted by molar-refractivity contribution is 5.94. The molecule has 4 aromatic rings. The number of anilines is 1. The molecule has 0 aliphatic rings. The number of carbonyl (C=O) groups is 1. The van der Waals surface area contributed by atoms with Gasteiger partial charge in [-0.1, -0.05) is 42.5 Å². The van der Waals surface area contributed by atoms with Gasteiger partial charge in [0.1, 0.15) is 0 Å². The lowest BCUT2D eigenvalue weighted by Crippen LogP contribution is -2.40. The van der Waals surface area contributed by atoms with Crippen molar-refractivity contribution in [2.24, 2.45) is 0 Å². The molecule has 4 rings (SSSR count). The van der Waals surface area contributed by atoms with Crippen molar-refractivity contribution in [1.82, 2.24) is 14.9 Å². The predicted molar refractivity (Wildman–Crippen MR) is 122 cm³/mol. The molecular weight excluding hydrogens is 372 g/mol. The monoisotopic (exact) mass is 398 g/mol. The molecule has 2 N–H and O–H groups in total. The molecule has 5 heteroatoms. The van der Waals surface area contributed by atoms with Crippen molar-refractivity contribution in [3.63, 3.8) is 0 Å². The number of aromatic nitrogens is 2. The Kier molecular flexibility index (Phi) is 5.27. The summed E-state index contributed by atoms with van der Waals surface area (Å²) in [5.41, 5.74) is 4.54. The van der Waals surface area contributed by atoms with Gasteiger partial charge in [-0.3, -0.25) is 9.36 Å². The second-order valence-corrected chi connectivity index (χ2v) is 8.35. The molecule has 0 aliphatic carbocycles. The number of fused-ring (bicyclic) bond motifs is 1. The molecule has 5 nitrogen and oxygen atoms in total. The van der Waals surface area contributed by atoms with Gasteiger partial charge >= 0.3 is 0 Å². The summed E-state index contributed by atoms with van der Waals surface area (Å²) in [4.78, 5) is 17.1. The third-order valence-corrected chi connectivity index (χ3v) is 4.73. The number of nitrogens with one attached hydrogen (secondary N) is 2. The van der Waals surface area contributed by atoms with Gasteiger partial charge in [0.2, 0.25) is 5.95 Å². The van der Waals surface area contributed by atoms with Gasteiger partial charge in [-0.05, 0) is 62.7 Å². The topological polar surface area (TPSA) is 59.0 Å². The average Bonchev–Trinajstić information content (AvgIpc) is 3.10. The second kappa shape index (κ2) is 8.03. The van der Waals surface area contributed by atoms with Crippen molar-refractivity contribution in [2.75, 3.05) is 5.32 Å². The first kappa shape index (κ1) is 19.7. The summed E-state index contributed by atoms with van der Waals surface area (Å²) < 4.78 is 2.13. The van der Waals surface area contributed by atoms with Crippen molar-refractivity contribution < 1.29 is 4.79 Å². The number of benzene rings is 3. The van der Waals surface area contributed by atoms with Crippen molar-refractivity contribution in [3.05, 3.63) is 90.0 Å². The average molecular weight is 399 g/mol. The molecule has 0 radical (unpaired) electrons. The molecule has 1 heterocycles. The Balaban J connectivity index is 1.55. The number of rotatable bonds is 5. The van der Waals surface area contributed by atoms with Gasteiger partial charge in [-0.15, -0.1) is 0 Å². The molecule has 0 saturated carbocycles. The zero-order chi connectivity index (χ0) is 21.1. The largest absolute Gasteiger partial charge is 0.351 e. The highest BCUT2D eigenvalue weighted by Gasteiger charge is 2.15. The van der Waals surface area contributed by atoms with Crippen LogP contribution in [0.2, 0.25) is 0 Å². The molecule has 30 heavy (non-hydrogen) atoms. The van der Waals surface area contributed by atoms with Crippen molar-refractivity contribution in [1.29, 1.82) is 0 Å². The Labute approximate surface area is 176 Å². The van der Waals surface area contributed by atoms with Gasteiger partial charge in [-0.2, -0.15) is 0 Å². The number of carbonyl (C=O) groups excluding carboxylic acids is 1. The Bertz CT molecular complexity index is 1160. The molecule has 0 fully saturated rings. The van der Waals surface area contributed by atoms with Crippen molar-refractivity contribution in [2.45, 2.75) is 32.9 Å². The van der Waals surface area contributed by atoms with E-state index in [1.54, 1.807) is 0 Å². The van der Waals surface area contributed by atoms with Crippen LogP contribution in [0.25, 0.3) is 16.7 Å². The third kappa shape index (κ3) is 4.35. The predicted octanol–water partition coefficient (Wildman–Crippen LogP) is 5.17. The van der Waals surface area contributed by atoms with Crippen LogP contribution in [0.15, 0.2) is 78.9 Å². The van der Waals surface area contributed by atoms with Crippen LogP contribution in [0.1, 0.15) is 36.7 Å². The lowest BCUT2D eigenvalue weighted by Gasteiger charge is -2.20. The fourth-order valence-electron chi connectivity index (χ4n) is 3.35. The number of nitrogens with zero attached hydrogens (tertiary/aromatic N) is 2. The molecule has 1 aromatic heterocycles. The number of amides is 1. The van der Waals surface area contributed by atoms with Crippen LogP contribution in [0.4, 0.5) is 5.95 Å². The highest BCUT2D eigenvalue weighted by Crippen LogP contribution is 2.25. The maximum absolute atomic E-state index is 12.3. The lowest BCUT2D eigenvalue weighted by atomic mass is 10.1. The van der Waals surface area contributed by atoms with E-state index in [1.165, 1.54) is 0 Å². The van der Waals surface area contributed by atoms with E-state index in [0.29, 0.717) is 12.1 Å². The Morgan fingerprint density at radius 2 is 1.57 bits per heavy atom. The van der Waals surface area contributed by atoms with E-state index in [0.717, 1.165) is 28.2 Å². The molecule has 0 unspecified atom stereocenters. The third-order valence-electron chi connectivity index (χ3n) is 4.73. The van der Waals surface area contributed by atoms with E-state index >= 15 is 0 Å². The van der Waals surface area contributed by atoms with Crippen LogP contribution in [0, 0.1) is 0 Å². The van der Waals surface area contributed by atoms with Gasteiger partial charge in [0, 0.05) is 23.3 Å². The fraction of sp³-hybridized carbons (Fsp3) is 0.200. The van der Waals surface area contributed by atoms with Crippen molar-refractivity contribution >= 4 is 22.9 Å². The van der Waals surface area contributed by atoms with Crippen LogP contribution in [-0.2, 0) is 6.54 Å². The number of para-hydroxylation sites is 3. The minimum atomic E-state index is -0.256. The van der Waals surface area contributed by atoms with Gasteiger partial charge in [0.15, 0.2) is 0 Å². The first-order chi connectivity index (χ1) is 14.4. The van der Waals surface area contributed by atoms with Gasteiger partial charge < -0.3 is 10.6 Å². The van der Waals surface area contributed by atoms with E-state index in [-0.39, 0.29) is 11.4 Å². The molecule has 0 saturated heterocycles. The summed E-state index contributed by atoms with van der Waals surface area (Å²) >= 11 is 0. The molecule has 1 amide bonds. The minimum Gasteiger partial charge on any atom is -0.351 e. The van der Waals surface area contributed by atoms with E-state index in [1.807, 2.05) is 81.4 Å². The number of hydrogen-bond acceptors (Lipinski definition) is 3. The second-order valence-electron chi connectivity index (χ2n) is 8.35. The molecule has 0 atom stereocenters. The minimum absolute atomic E-state index is 0.0621. The molecule has 0 aliphatic heterocycles. The standard InChI is InChI=1S/C25H26N4O/c1-25(2,3)28-23(30)19-15-13-18(14-16-19)17-26-24-27-21-11-7-8-12-22(21)29(24)20-9-5-4-6-10-20/h4-16H,17H2,1-3H3,(H,26,27)(H,28,30).